The topological polar surface area (TPSA) is 43.8 Å². The Bertz CT molecular complexity index is 341. The van der Waals surface area contributed by atoms with Crippen molar-refractivity contribution >= 4 is 5.91 Å². The summed E-state index contributed by atoms with van der Waals surface area (Å²) >= 11 is 0. The summed E-state index contributed by atoms with van der Waals surface area (Å²) in [6.45, 7) is 2.29. The maximum absolute atomic E-state index is 12.7. The molecule has 0 radical (unpaired) electrons. The van der Waals surface area contributed by atoms with Gasteiger partial charge in [0.25, 0.3) is 0 Å². The molecule has 0 aromatic rings. The molecular weight excluding hydrogens is 252 g/mol. The first-order chi connectivity index (χ1) is 9.79. The number of piperidine rings is 1. The summed E-state index contributed by atoms with van der Waals surface area (Å²) < 4.78 is 0. The Morgan fingerprint density at radius 3 is 2.60 bits per heavy atom. The number of nitrogens with zero attached hydrogens (tertiary/aromatic N) is 2. The maximum atomic E-state index is 12.7. The van der Waals surface area contributed by atoms with E-state index in [1.807, 2.05) is 0 Å². The van der Waals surface area contributed by atoms with Gasteiger partial charge in [-0.2, -0.15) is 0 Å². The Balaban J connectivity index is 1.59. The van der Waals surface area contributed by atoms with Crippen LogP contribution < -0.4 is 0 Å². The molecule has 4 nitrogen and oxygen atoms in total. The molecule has 0 aromatic carbocycles. The fraction of sp³-hybridized carbons (Fsp3) is 0.938. The van der Waals surface area contributed by atoms with Gasteiger partial charge in [0.2, 0.25) is 5.91 Å². The van der Waals surface area contributed by atoms with Crippen molar-refractivity contribution in [3.63, 3.8) is 0 Å². The molecule has 1 N–H and O–H groups in total. The van der Waals surface area contributed by atoms with Crippen LogP contribution in [-0.4, -0.2) is 59.1 Å². The summed E-state index contributed by atoms with van der Waals surface area (Å²) in [7, 11) is 0. The van der Waals surface area contributed by atoms with Gasteiger partial charge in [-0.25, -0.2) is 0 Å². The molecule has 2 unspecified atom stereocenters. The number of carbonyl (C=O) groups is 1. The lowest BCUT2D eigenvalue weighted by Gasteiger charge is -2.44. The van der Waals surface area contributed by atoms with Crippen molar-refractivity contribution in [1.82, 2.24) is 9.80 Å². The van der Waals surface area contributed by atoms with E-state index in [0.717, 1.165) is 12.5 Å². The number of amides is 1. The van der Waals surface area contributed by atoms with Crippen molar-refractivity contribution in [2.24, 2.45) is 5.92 Å². The highest BCUT2D eigenvalue weighted by Gasteiger charge is 2.37. The molecule has 2 saturated carbocycles. The Kier molecular flexibility index (Phi) is 4.61. The Morgan fingerprint density at radius 1 is 1.10 bits per heavy atom. The highest BCUT2D eigenvalue weighted by molar-refractivity contribution is 5.78. The molecule has 1 aliphatic heterocycles. The van der Waals surface area contributed by atoms with Gasteiger partial charge < -0.3 is 10.0 Å². The van der Waals surface area contributed by atoms with Crippen LogP contribution in [0.3, 0.4) is 0 Å². The van der Waals surface area contributed by atoms with Crippen LogP contribution in [0.4, 0.5) is 0 Å². The van der Waals surface area contributed by atoms with Crippen LogP contribution in [0.2, 0.25) is 0 Å². The van der Waals surface area contributed by atoms with Gasteiger partial charge in [-0.1, -0.05) is 12.8 Å². The molecule has 1 amide bonds. The van der Waals surface area contributed by atoms with Crippen LogP contribution >= 0.6 is 0 Å². The van der Waals surface area contributed by atoms with Gasteiger partial charge in [-0.3, -0.25) is 9.69 Å². The number of rotatable bonds is 5. The third-order valence-corrected chi connectivity index (χ3v) is 5.35. The van der Waals surface area contributed by atoms with Gasteiger partial charge in [0.1, 0.15) is 0 Å². The molecule has 0 spiro atoms. The van der Waals surface area contributed by atoms with E-state index in [4.69, 9.17) is 5.11 Å². The van der Waals surface area contributed by atoms with Gasteiger partial charge in [0, 0.05) is 25.2 Å². The SMILES string of the molecule is O=C(CN(CCO)C1CC1)N1CCCC2CCCCC21. The van der Waals surface area contributed by atoms with E-state index in [1.165, 1.54) is 51.4 Å². The second-order valence-electron chi connectivity index (χ2n) is 6.77. The van der Waals surface area contributed by atoms with E-state index < -0.39 is 0 Å². The minimum Gasteiger partial charge on any atom is -0.395 e. The minimum absolute atomic E-state index is 0.163. The third kappa shape index (κ3) is 3.17. The molecule has 4 heteroatoms. The number of hydrogen-bond donors (Lipinski definition) is 1. The first-order valence-electron chi connectivity index (χ1n) is 8.44. The summed E-state index contributed by atoms with van der Waals surface area (Å²) in [5.74, 6) is 1.07. The lowest BCUT2D eigenvalue weighted by Crippen LogP contribution is -2.52. The Labute approximate surface area is 122 Å². The largest absolute Gasteiger partial charge is 0.395 e. The standard InChI is InChI=1S/C16H28N2O2/c19-11-10-17(14-7-8-14)12-16(20)18-9-3-5-13-4-1-2-6-15(13)18/h13-15,19H,1-12H2. The molecule has 3 rings (SSSR count). The van der Waals surface area contributed by atoms with Crippen LogP contribution in [-0.2, 0) is 4.79 Å². The molecule has 3 fully saturated rings. The summed E-state index contributed by atoms with van der Waals surface area (Å²) in [6, 6.07) is 1.07. The van der Waals surface area contributed by atoms with Crippen LogP contribution in [0.25, 0.3) is 0 Å². The third-order valence-electron chi connectivity index (χ3n) is 5.35. The quantitative estimate of drug-likeness (QED) is 0.832. The molecule has 1 saturated heterocycles. The Hall–Kier alpha value is -0.610. The molecule has 0 bridgehead atoms. The lowest BCUT2D eigenvalue weighted by atomic mass is 9.78. The fourth-order valence-corrected chi connectivity index (χ4v) is 4.16. The second-order valence-corrected chi connectivity index (χ2v) is 6.77. The molecule has 2 aliphatic carbocycles. The van der Waals surface area contributed by atoms with Crippen LogP contribution in [0, 0.1) is 5.92 Å². The zero-order chi connectivity index (χ0) is 13.9. The van der Waals surface area contributed by atoms with Gasteiger partial charge in [-0.15, -0.1) is 0 Å². The highest BCUT2D eigenvalue weighted by atomic mass is 16.3. The van der Waals surface area contributed by atoms with Gasteiger partial charge >= 0.3 is 0 Å². The van der Waals surface area contributed by atoms with Crippen molar-refractivity contribution in [3.05, 3.63) is 0 Å². The van der Waals surface area contributed by atoms with Crippen molar-refractivity contribution in [2.45, 2.75) is 63.5 Å². The van der Waals surface area contributed by atoms with Crippen LogP contribution in [0.15, 0.2) is 0 Å². The molecule has 2 atom stereocenters. The maximum Gasteiger partial charge on any atom is 0.237 e. The number of aliphatic hydroxyl groups is 1. The van der Waals surface area contributed by atoms with Crippen molar-refractivity contribution < 1.29 is 9.90 Å². The van der Waals surface area contributed by atoms with Crippen molar-refractivity contribution in [3.8, 4) is 0 Å². The zero-order valence-corrected chi connectivity index (χ0v) is 12.5. The summed E-state index contributed by atoms with van der Waals surface area (Å²) in [5, 5.41) is 9.16. The minimum atomic E-state index is 0.163. The second kappa shape index (κ2) is 6.44. The average Bonchev–Trinajstić information content (AvgIpc) is 3.31. The molecule has 1 heterocycles. The first-order valence-corrected chi connectivity index (χ1v) is 8.44. The summed E-state index contributed by atoms with van der Waals surface area (Å²) in [6.07, 6.45) is 10.0. The van der Waals surface area contributed by atoms with Crippen LogP contribution in [0.1, 0.15) is 51.4 Å². The average molecular weight is 280 g/mol. The van der Waals surface area contributed by atoms with Crippen LogP contribution in [0.5, 0.6) is 0 Å². The fourth-order valence-electron chi connectivity index (χ4n) is 4.16. The summed E-state index contributed by atoms with van der Waals surface area (Å²) in [5.41, 5.74) is 0. The number of likely N-dealkylation sites (tertiary alicyclic amines) is 1. The van der Waals surface area contributed by atoms with E-state index in [0.29, 0.717) is 31.1 Å². The highest BCUT2D eigenvalue weighted by Crippen LogP contribution is 2.35. The predicted octanol–water partition coefficient (Wildman–Crippen LogP) is 1.62. The molecule has 20 heavy (non-hydrogen) atoms. The van der Waals surface area contributed by atoms with Gasteiger partial charge in [-0.05, 0) is 44.4 Å². The lowest BCUT2D eigenvalue weighted by molar-refractivity contribution is -0.139. The molecular formula is C16H28N2O2. The first kappa shape index (κ1) is 14.3. The smallest absolute Gasteiger partial charge is 0.237 e. The number of fused-ring (bicyclic) bond motifs is 1. The van der Waals surface area contributed by atoms with Crippen molar-refractivity contribution in [1.29, 1.82) is 0 Å². The predicted molar refractivity (Wildman–Crippen MR) is 78.4 cm³/mol. The number of hydrogen-bond acceptors (Lipinski definition) is 3. The monoisotopic (exact) mass is 280 g/mol. The van der Waals surface area contributed by atoms with Gasteiger partial charge in [0.05, 0.1) is 13.2 Å². The zero-order valence-electron chi connectivity index (χ0n) is 12.5. The summed E-state index contributed by atoms with van der Waals surface area (Å²) in [4.78, 5) is 17.0. The van der Waals surface area contributed by atoms with Gasteiger partial charge in [0.15, 0.2) is 0 Å². The molecule has 114 valence electrons. The molecule has 3 aliphatic rings. The van der Waals surface area contributed by atoms with E-state index in [-0.39, 0.29) is 6.61 Å². The number of carbonyl (C=O) groups excluding carboxylic acids is 1. The van der Waals surface area contributed by atoms with E-state index >= 15 is 0 Å². The van der Waals surface area contributed by atoms with Crippen molar-refractivity contribution in [2.75, 3.05) is 26.2 Å². The normalized spacial score (nSPS) is 30.4. The Morgan fingerprint density at radius 2 is 1.85 bits per heavy atom. The number of aliphatic hydroxyl groups excluding tert-OH is 1. The van der Waals surface area contributed by atoms with E-state index in [2.05, 4.69) is 9.80 Å². The van der Waals surface area contributed by atoms with E-state index in [9.17, 15) is 4.79 Å². The van der Waals surface area contributed by atoms with E-state index in [1.54, 1.807) is 0 Å². The molecule has 0 aromatic heterocycles.